The van der Waals surface area contributed by atoms with E-state index < -0.39 is 17.5 Å². The number of hydrogen-bond donors (Lipinski definition) is 1. The van der Waals surface area contributed by atoms with Crippen LogP contribution in [0.15, 0.2) is 40.9 Å². The van der Waals surface area contributed by atoms with Gasteiger partial charge in [-0.15, -0.1) is 0 Å². The third-order valence-corrected chi connectivity index (χ3v) is 5.82. The number of aryl methyl sites for hydroxylation is 2. The topological polar surface area (TPSA) is 107 Å². The Labute approximate surface area is 184 Å². The maximum Gasteiger partial charge on any atom is 0.325 e. The zero-order chi connectivity index (χ0) is 23.2. The number of benzene rings is 1. The van der Waals surface area contributed by atoms with E-state index in [1.54, 1.807) is 68.8 Å². The van der Waals surface area contributed by atoms with Crippen LogP contribution in [0.25, 0.3) is 5.82 Å². The molecule has 9 heteroatoms. The summed E-state index contributed by atoms with van der Waals surface area (Å²) >= 11 is 0. The Balaban J connectivity index is 1.59. The molecule has 32 heavy (non-hydrogen) atoms. The van der Waals surface area contributed by atoms with Crippen LogP contribution in [-0.2, 0) is 10.3 Å². The van der Waals surface area contributed by atoms with E-state index in [0.717, 1.165) is 10.6 Å². The Morgan fingerprint density at radius 1 is 1.16 bits per heavy atom. The van der Waals surface area contributed by atoms with Crippen molar-refractivity contribution in [3.05, 3.63) is 64.7 Å². The molecule has 1 N–H and O–H groups in total. The lowest BCUT2D eigenvalue weighted by Crippen LogP contribution is -2.41. The molecule has 9 nitrogen and oxygen atoms in total. The van der Waals surface area contributed by atoms with Crippen molar-refractivity contribution in [2.45, 2.75) is 33.2 Å². The highest BCUT2D eigenvalue weighted by Crippen LogP contribution is 2.30. The van der Waals surface area contributed by atoms with E-state index >= 15 is 0 Å². The van der Waals surface area contributed by atoms with E-state index in [1.807, 2.05) is 6.92 Å². The van der Waals surface area contributed by atoms with Crippen LogP contribution in [0.5, 0.6) is 5.75 Å². The number of rotatable bonds is 6. The van der Waals surface area contributed by atoms with E-state index in [1.165, 1.54) is 0 Å². The number of imide groups is 1. The van der Waals surface area contributed by atoms with Crippen molar-refractivity contribution < 1.29 is 23.6 Å². The molecule has 0 aliphatic carbocycles. The number of carbonyl (C=O) groups is 3. The van der Waals surface area contributed by atoms with Gasteiger partial charge < -0.3 is 14.6 Å². The average Bonchev–Trinajstić information content (AvgIpc) is 3.38. The van der Waals surface area contributed by atoms with Gasteiger partial charge in [-0.25, -0.2) is 4.79 Å². The number of urea groups is 1. The summed E-state index contributed by atoms with van der Waals surface area (Å²) in [5, 5.41) is 6.73. The lowest BCUT2D eigenvalue weighted by molar-refractivity contribution is -0.130. The van der Waals surface area contributed by atoms with Crippen LogP contribution >= 0.6 is 0 Å². The summed E-state index contributed by atoms with van der Waals surface area (Å²) in [5.41, 5.74) is 1.21. The fraction of sp³-hybridized carbons (Fsp3) is 0.304. The fourth-order valence-electron chi connectivity index (χ4n) is 4.05. The van der Waals surface area contributed by atoms with Crippen molar-refractivity contribution in [1.82, 2.24) is 19.9 Å². The molecule has 3 aromatic rings. The van der Waals surface area contributed by atoms with E-state index in [-0.39, 0.29) is 12.3 Å². The van der Waals surface area contributed by atoms with Crippen LogP contribution in [-0.4, -0.2) is 46.0 Å². The van der Waals surface area contributed by atoms with Crippen LogP contribution in [0.3, 0.4) is 0 Å². The lowest BCUT2D eigenvalue weighted by atomic mass is 9.92. The molecule has 3 amide bonds. The quantitative estimate of drug-likeness (QED) is 0.470. The zero-order valence-corrected chi connectivity index (χ0v) is 18.6. The summed E-state index contributed by atoms with van der Waals surface area (Å²) in [6, 6.07) is 9.76. The molecule has 2 aromatic heterocycles. The standard InChI is InChI=1S/C23H24N4O5/c1-13-10-18(15(3)27(13)20-11-14(2)32-25-20)19(28)12-26-21(29)23(4,24-22(26)30)16-6-8-17(31-5)9-7-16/h6-11H,12H2,1-5H3,(H,24,30)/t23-/m0/s1. The minimum atomic E-state index is -1.27. The number of nitrogens with one attached hydrogen (secondary N) is 1. The number of methoxy groups -OCH3 is 1. The van der Waals surface area contributed by atoms with Gasteiger partial charge in [0.05, 0.1) is 13.7 Å². The average molecular weight is 436 g/mol. The Kier molecular flexibility index (Phi) is 5.12. The molecular formula is C23H24N4O5. The Bertz CT molecular complexity index is 1220. The van der Waals surface area contributed by atoms with Gasteiger partial charge in [0.2, 0.25) is 0 Å². The normalized spacial score (nSPS) is 18.2. The minimum Gasteiger partial charge on any atom is -0.497 e. The predicted octanol–water partition coefficient (Wildman–Crippen LogP) is 3.05. The summed E-state index contributed by atoms with van der Waals surface area (Å²) in [4.78, 5) is 39.9. The second-order valence-corrected chi connectivity index (χ2v) is 8.01. The lowest BCUT2D eigenvalue weighted by Gasteiger charge is -2.22. The number of carbonyl (C=O) groups excluding carboxylic acids is 3. The number of hydrogen-bond acceptors (Lipinski definition) is 6. The van der Waals surface area contributed by atoms with Crippen molar-refractivity contribution in [3.8, 4) is 11.6 Å². The minimum absolute atomic E-state index is 0.341. The van der Waals surface area contributed by atoms with Gasteiger partial charge in [-0.2, -0.15) is 0 Å². The third kappa shape index (κ3) is 3.35. The van der Waals surface area contributed by atoms with E-state index in [2.05, 4.69) is 10.5 Å². The molecule has 1 fully saturated rings. The number of ether oxygens (including phenoxy) is 1. The first kappa shape index (κ1) is 21.4. The second kappa shape index (κ2) is 7.67. The van der Waals surface area contributed by atoms with Crippen LogP contribution in [0.4, 0.5) is 4.79 Å². The molecule has 4 rings (SSSR count). The van der Waals surface area contributed by atoms with Gasteiger partial charge in [-0.05, 0) is 51.5 Å². The molecule has 0 saturated carbocycles. The summed E-state index contributed by atoms with van der Waals surface area (Å²) < 4.78 is 12.1. The first-order valence-corrected chi connectivity index (χ1v) is 10.1. The van der Waals surface area contributed by atoms with E-state index in [4.69, 9.17) is 9.26 Å². The fourth-order valence-corrected chi connectivity index (χ4v) is 4.05. The zero-order valence-electron chi connectivity index (χ0n) is 18.6. The number of nitrogens with zero attached hydrogens (tertiary/aromatic N) is 3. The molecule has 0 spiro atoms. The molecule has 1 aromatic carbocycles. The Morgan fingerprint density at radius 3 is 2.44 bits per heavy atom. The highest BCUT2D eigenvalue weighted by Gasteiger charge is 2.49. The molecule has 1 saturated heterocycles. The van der Waals surface area contributed by atoms with E-state index in [0.29, 0.717) is 34.1 Å². The molecule has 1 aliphatic rings. The van der Waals surface area contributed by atoms with Gasteiger partial charge in [0, 0.05) is 23.0 Å². The summed E-state index contributed by atoms with van der Waals surface area (Å²) in [7, 11) is 1.55. The van der Waals surface area contributed by atoms with Crippen LogP contribution < -0.4 is 10.1 Å². The number of aromatic nitrogens is 2. The molecule has 3 heterocycles. The van der Waals surface area contributed by atoms with Crippen molar-refractivity contribution in [2.75, 3.05) is 13.7 Å². The van der Waals surface area contributed by atoms with Gasteiger partial charge in [0.1, 0.15) is 17.0 Å². The smallest absolute Gasteiger partial charge is 0.325 e. The summed E-state index contributed by atoms with van der Waals surface area (Å²) in [6.07, 6.45) is 0. The van der Waals surface area contributed by atoms with Crippen molar-refractivity contribution >= 4 is 17.7 Å². The van der Waals surface area contributed by atoms with Crippen LogP contribution in [0.2, 0.25) is 0 Å². The van der Waals surface area contributed by atoms with Gasteiger partial charge in [0.25, 0.3) is 5.91 Å². The first-order valence-electron chi connectivity index (χ1n) is 10.1. The van der Waals surface area contributed by atoms with Crippen LogP contribution in [0.1, 0.15) is 40.0 Å². The largest absolute Gasteiger partial charge is 0.497 e. The summed E-state index contributed by atoms with van der Waals surface area (Å²) in [6.45, 7) is 6.69. The van der Waals surface area contributed by atoms with Crippen LogP contribution in [0, 0.1) is 20.8 Å². The number of ketones is 1. The van der Waals surface area contributed by atoms with Crippen molar-refractivity contribution in [3.63, 3.8) is 0 Å². The maximum absolute atomic E-state index is 13.2. The van der Waals surface area contributed by atoms with Gasteiger partial charge >= 0.3 is 6.03 Å². The SMILES string of the molecule is COc1ccc([C@]2(C)NC(=O)N(CC(=O)c3cc(C)n(-c4cc(C)on4)c3C)C2=O)cc1. The molecule has 0 bridgehead atoms. The molecular weight excluding hydrogens is 412 g/mol. The third-order valence-electron chi connectivity index (χ3n) is 5.82. The molecule has 0 unspecified atom stereocenters. The molecule has 1 aliphatic heterocycles. The monoisotopic (exact) mass is 436 g/mol. The summed E-state index contributed by atoms with van der Waals surface area (Å²) in [5.74, 6) is 1.03. The number of amides is 3. The van der Waals surface area contributed by atoms with Gasteiger partial charge in [-0.3, -0.25) is 19.1 Å². The predicted molar refractivity (Wildman–Crippen MR) is 115 cm³/mol. The van der Waals surface area contributed by atoms with Gasteiger partial charge in [0.15, 0.2) is 11.6 Å². The number of Topliss-reactive ketones (excluding diaryl/α,β-unsaturated/α-hetero) is 1. The molecule has 166 valence electrons. The first-order chi connectivity index (χ1) is 15.2. The molecule has 1 atom stereocenters. The Morgan fingerprint density at radius 2 is 1.84 bits per heavy atom. The van der Waals surface area contributed by atoms with Gasteiger partial charge in [-0.1, -0.05) is 17.3 Å². The maximum atomic E-state index is 13.2. The second-order valence-electron chi connectivity index (χ2n) is 8.01. The van der Waals surface area contributed by atoms with Crippen molar-refractivity contribution in [2.24, 2.45) is 0 Å². The highest BCUT2D eigenvalue weighted by molar-refractivity contribution is 6.11. The van der Waals surface area contributed by atoms with Crippen molar-refractivity contribution in [1.29, 1.82) is 0 Å². The van der Waals surface area contributed by atoms with E-state index in [9.17, 15) is 14.4 Å². The Hall–Kier alpha value is -3.88. The highest BCUT2D eigenvalue weighted by atomic mass is 16.5. The molecule has 0 radical (unpaired) electrons.